The molecule has 2 fully saturated rings. The van der Waals surface area contributed by atoms with Crippen LogP contribution in [0.3, 0.4) is 0 Å². The molecule has 0 spiro atoms. The number of rotatable bonds is 3. The van der Waals surface area contributed by atoms with Crippen molar-refractivity contribution in [2.24, 2.45) is 11.3 Å². The van der Waals surface area contributed by atoms with Gasteiger partial charge < -0.3 is 19.8 Å². The zero-order chi connectivity index (χ0) is 16.9. The third kappa shape index (κ3) is 2.36. The summed E-state index contributed by atoms with van der Waals surface area (Å²) in [5.41, 5.74) is 2.88. The van der Waals surface area contributed by atoms with Gasteiger partial charge in [-0.05, 0) is 25.5 Å². The highest BCUT2D eigenvalue weighted by atomic mass is 16.5. The Balaban J connectivity index is 1.37. The maximum atomic E-state index is 12.3. The van der Waals surface area contributed by atoms with E-state index in [-0.39, 0.29) is 23.6 Å². The van der Waals surface area contributed by atoms with Crippen molar-refractivity contribution in [2.45, 2.75) is 45.9 Å². The van der Waals surface area contributed by atoms with Crippen LogP contribution in [0.2, 0.25) is 0 Å². The van der Waals surface area contributed by atoms with Crippen LogP contribution in [0.1, 0.15) is 31.7 Å². The van der Waals surface area contributed by atoms with Crippen molar-refractivity contribution in [2.75, 3.05) is 6.61 Å². The van der Waals surface area contributed by atoms with Gasteiger partial charge in [0.05, 0.1) is 18.3 Å². The fourth-order valence-electron chi connectivity index (χ4n) is 4.26. The van der Waals surface area contributed by atoms with Crippen molar-refractivity contribution < 1.29 is 9.53 Å². The van der Waals surface area contributed by atoms with Gasteiger partial charge in [0.15, 0.2) is 0 Å². The number of nitrogens with zero attached hydrogens (tertiary/aromatic N) is 2. The van der Waals surface area contributed by atoms with E-state index in [1.54, 1.807) is 0 Å². The van der Waals surface area contributed by atoms with Gasteiger partial charge in [0, 0.05) is 35.9 Å². The molecule has 0 bridgehead atoms. The van der Waals surface area contributed by atoms with Gasteiger partial charge in [0.1, 0.15) is 5.65 Å². The van der Waals surface area contributed by atoms with Gasteiger partial charge in [0.2, 0.25) is 0 Å². The minimum absolute atomic E-state index is 0.00128. The first-order valence-corrected chi connectivity index (χ1v) is 8.56. The van der Waals surface area contributed by atoms with E-state index in [4.69, 9.17) is 4.74 Å². The van der Waals surface area contributed by atoms with Crippen molar-refractivity contribution in [1.82, 2.24) is 20.0 Å². The van der Waals surface area contributed by atoms with Gasteiger partial charge in [-0.15, -0.1) is 0 Å². The summed E-state index contributed by atoms with van der Waals surface area (Å²) >= 11 is 0. The summed E-state index contributed by atoms with van der Waals surface area (Å²) in [4.78, 5) is 16.8. The molecule has 6 heteroatoms. The number of pyridine rings is 1. The summed E-state index contributed by atoms with van der Waals surface area (Å²) < 4.78 is 7.80. The second-order valence-electron chi connectivity index (χ2n) is 7.50. The van der Waals surface area contributed by atoms with E-state index < -0.39 is 0 Å². The molecule has 2 N–H and O–H groups in total. The molecule has 1 aliphatic carbocycles. The van der Waals surface area contributed by atoms with Crippen LogP contribution in [0, 0.1) is 18.3 Å². The van der Waals surface area contributed by atoms with E-state index in [0.29, 0.717) is 12.5 Å². The number of fused-ring (bicyclic) bond motifs is 2. The van der Waals surface area contributed by atoms with Crippen LogP contribution in [0.5, 0.6) is 0 Å². The predicted molar refractivity (Wildman–Crippen MR) is 90.7 cm³/mol. The third-order valence-corrected chi connectivity index (χ3v) is 5.56. The molecule has 2 aromatic rings. The van der Waals surface area contributed by atoms with E-state index in [2.05, 4.69) is 29.5 Å². The molecule has 6 nitrogen and oxygen atoms in total. The number of urea groups is 1. The highest BCUT2D eigenvalue weighted by molar-refractivity contribution is 5.74. The molecule has 3 heterocycles. The van der Waals surface area contributed by atoms with Crippen LogP contribution in [-0.4, -0.2) is 34.2 Å². The molecule has 24 heavy (non-hydrogen) atoms. The van der Waals surface area contributed by atoms with Gasteiger partial charge in [-0.3, -0.25) is 0 Å². The fourth-order valence-corrected chi connectivity index (χ4v) is 4.26. The number of carbonyl (C=O) groups is 1. The second kappa shape index (κ2) is 5.48. The molecule has 2 amide bonds. The number of hydrogen-bond donors (Lipinski definition) is 2. The molecule has 2 aromatic heterocycles. The van der Waals surface area contributed by atoms with Crippen LogP contribution in [-0.2, 0) is 11.3 Å². The lowest BCUT2D eigenvalue weighted by Gasteiger charge is -2.54. The molecule has 4 rings (SSSR count). The Bertz CT molecular complexity index is 782. The Morgan fingerprint density at radius 1 is 1.46 bits per heavy atom. The topological polar surface area (TPSA) is 67.7 Å². The van der Waals surface area contributed by atoms with Crippen LogP contribution >= 0.6 is 0 Å². The quantitative estimate of drug-likeness (QED) is 0.908. The van der Waals surface area contributed by atoms with Crippen LogP contribution in [0.4, 0.5) is 4.79 Å². The number of aromatic nitrogens is 2. The largest absolute Gasteiger partial charge is 0.377 e. The number of nitrogens with one attached hydrogen (secondary N) is 2. The van der Waals surface area contributed by atoms with Gasteiger partial charge in [0.25, 0.3) is 0 Å². The number of ether oxygens (including phenoxy) is 1. The number of imidazole rings is 1. The minimum Gasteiger partial charge on any atom is -0.377 e. The summed E-state index contributed by atoms with van der Waals surface area (Å²) in [6, 6.07) is 6.03. The summed E-state index contributed by atoms with van der Waals surface area (Å²) in [5.74, 6) is 0.448. The lowest BCUT2D eigenvalue weighted by Crippen LogP contribution is -2.67. The maximum Gasteiger partial charge on any atom is 0.315 e. The molecule has 3 atom stereocenters. The monoisotopic (exact) mass is 328 g/mol. The fraction of sp³-hybridized carbons (Fsp3) is 0.556. The summed E-state index contributed by atoms with van der Waals surface area (Å²) in [6.45, 7) is 7.59. The van der Waals surface area contributed by atoms with Gasteiger partial charge >= 0.3 is 6.03 Å². The van der Waals surface area contributed by atoms with Crippen molar-refractivity contribution >= 4 is 11.7 Å². The zero-order valence-electron chi connectivity index (χ0n) is 14.4. The molecule has 1 aliphatic heterocycles. The van der Waals surface area contributed by atoms with Gasteiger partial charge in [-0.1, -0.05) is 19.9 Å². The van der Waals surface area contributed by atoms with Crippen LogP contribution < -0.4 is 10.6 Å². The smallest absolute Gasteiger partial charge is 0.315 e. The first-order chi connectivity index (χ1) is 11.5. The van der Waals surface area contributed by atoms with Crippen LogP contribution in [0.15, 0.2) is 24.4 Å². The molecular weight excluding hydrogens is 304 g/mol. The van der Waals surface area contributed by atoms with E-state index in [9.17, 15) is 4.79 Å². The van der Waals surface area contributed by atoms with Crippen molar-refractivity contribution in [3.05, 3.63) is 35.8 Å². The first-order valence-electron chi connectivity index (χ1n) is 8.56. The maximum absolute atomic E-state index is 12.3. The SMILES string of the molecule is Cc1cccc2nc(CNC(=O)N[C@@H]3[C@@H]4CCO[C@H]4C3(C)C)cn12. The molecule has 128 valence electrons. The molecule has 0 aromatic carbocycles. The molecule has 1 saturated heterocycles. The zero-order valence-corrected chi connectivity index (χ0v) is 14.4. The third-order valence-electron chi connectivity index (χ3n) is 5.56. The molecular formula is C18H24N4O2. The second-order valence-corrected chi connectivity index (χ2v) is 7.50. The number of amides is 2. The predicted octanol–water partition coefficient (Wildman–Crippen LogP) is 2.26. The summed E-state index contributed by atoms with van der Waals surface area (Å²) in [5, 5.41) is 6.06. The van der Waals surface area contributed by atoms with Crippen molar-refractivity contribution in [1.29, 1.82) is 0 Å². The van der Waals surface area contributed by atoms with E-state index in [1.165, 1.54) is 0 Å². The lowest BCUT2D eigenvalue weighted by atomic mass is 9.57. The Morgan fingerprint density at radius 3 is 3.08 bits per heavy atom. The highest BCUT2D eigenvalue weighted by Gasteiger charge is 2.59. The number of carbonyl (C=O) groups excluding carboxylic acids is 1. The molecule has 0 radical (unpaired) electrons. The van der Waals surface area contributed by atoms with Crippen molar-refractivity contribution in [3.8, 4) is 0 Å². The number of aryl methyl sites for hydroxylation is 1. The Hall–Kier alpha value is -2.08. The van der Waals surface area contributed by atoms with E-state index >= 15 is 0 Å². The Morgan fingerprint density at radius 2 is 2.29 bits per heavy atom. The molecule has 0 unspecified atom stereocenters. The molecule has 2 aliphatic rings. The van der Waals surface area contributed by atoms with Crippen LogP contribution in [0.25, 0.3) is 5.65 Å². The summed E-state index contributed by atoms with van der Waals surface area (Å²) in [6.07, 6.45) is 3.29. The number of hydrogen-bond acceptors (Lipinski definition) is 3. The average molecular weight is 328 g/mol. The summed E-state index contributed by atoms with van der Waals surface area (Å²) in [7, 11) is 0. The Kier molecular flexibility index (Phi) is 3.53. The lowest BCUT2D eigenvalue weighted by molar-refractivity contribution is -0.108. The normalized spacial score (nSPS) is 27.5. The minimum atomic E-state index is -0.132. The van der Waals surface area contributed by atoms with E-state index in [0.717, 1.165) is 30.1 Å². The first kappa shape index (κ1) is 15.4. The Labute approximate surface area is 141 Å². The van der Waals surface area contributed by atoms with Crippen molar-refractivity contribution in [3.63, 3.8) is 0 Å². The molecule has 1 saturated carbocycles. The standard InChI is InChI=1S/C18H24N4O2/c1-11-5-4-6-14-20-12(10-22(11)14)9-19-17(23)21-15-13-7-8-24-16(13)18(15,2)3/h4-6,10,13,15-16H,7-9H2,1-3H3,(H2,19,21,23)/t13-,15+,16+/m0/s1. The van der Waals surface area contributed by atoms with E-state index in [1.807, 2.05) is 35.7 Å². The highest BCUT2D eigenvalue weighted by Crippen LogP contribution is 2.52. The van der Waals surface area contributed by atoms with Gasteiger partial charge in [-0.2, -0.15) is 0 Å². The average Bonchev–Trinajstić information content (AvgIpc) is 3.16. The van der Waals surface area contributed by atoms with Gasteiger partial charge in [-0.25, -0.2) is 9.78 Å².